The van der Waals surface area contributed by atoms with E-state index in [1.165, 1.54) is 0 Å². The van der Waals surface area contributed by atoms with Gasteiger partial charge in [-0.2, -0.15) is 5.26 Å². The third-order valence-electron chi connectivity index (χ3n) is 2.79. The summed E-state index contributed by atoms with van der Waals surface area (Å²) in [5.74, 6) is -0.417. The largest absolute Gasteiger partial charge is 0.496 e. The summed E-state index contributed by atoms with van der Waals surface area (Å²) in [7, 11) is 1.59. The molecule has 0 aliphatic carbocycles. The van der Waals surface area contributed by atoms with Crippen molar-refractivity contribution in [2.75, 3.05) is 7.11 Å². The molecule has 0 aliphatic heterocycles. The van der Waals surface area contributed by atoms with Gasteiger partial charge in [0.25, 0.3) is 0 Å². The second kappa shape index (κ2) is 6.65. The smallest absolute Gasteiger partial charge is 0.303 e. The molecule has 0 aliphatic rings. The van der Waals surface area contributed by atoms with Crippen molar-refractivity contribution >= 4 is 5.97 Å². The predicted octanol–water partition coefficient (Wildman–Crippen LogP) is 2.55. The number of carboxylic acids is 1. The minimum absolute atomic E-state index is 0.0202. The lowest BCUT2D eigenvalue weighted by atomic mass is 9.94. The minimum atomic E-state index is -0.869. The molecule has 0 saturated heterocycles. The average Bonchev–Trinajstić information content (AvgIpc) is 2.34. The summed E-state index contributed by atoms with van der Waals surface area (Å²) >= 11 is 0. The summed E-state index contributed by atoms with van der Waals surface area (Å²) in [5.41, 5.74) is 2.05. The van der Waals surface area contributed by atoms with Gasteiger partial charge in [-0.25, -0.2) is 0 Å². The molecule has 1 N–H and O–H groups in total. The third-order valence-corrected chi connectivity index (χ3v) is 2.79. The molecule has 96 valence electrons. The Morgan fingerprint density at radius 2 is 2.28 bits per heavy atom. The number of nitriles is 1. The van der Waals surface area contributed by atoms with Crippen LogP contribution in [0.5, 0.6) is 5.75 Å². The molecule has 0 fully saturated rings. The van der Waals surface area contributed by atoms with Crippen LogP contribution < -0.4 is 4.74 Å². The Morgan fingerprint density at radius 1 is 1.56 bits per heavy atom. The fourth-order valence-corrected chi connectivity index (χ4v) is 1.84. The molecule has 1 rings (SSSR count). The van der Waals surface area contributed by atoms with Crippen LogP contribution in [0.15, 0.2) is 18.2 Å². The van der Waals surface area contributed by atoms with Gasteiger partial charge in [-0.3, -0.25) is 4.79 Å². The number of nitrogens with zero attached hydrogens (tertiary/aromatic N) is 1. The lowest BCUT2D eigenvalue weighted by Gasteiger charge is -2.12. The van der Waals surface area contributed by atoms with E-state index in [0.717, 1.165) is 16.9 Å². The van der Waals surface area contributed by atoms with Gasteiger partial charge in [-0.05, 0) is 31.4 Å². The van der Waals surface area contributed by atoms with Crippen molar-refractivity contribution in [2.45, 2.75) is 26.2 Å². The molecule has 1 atom stereocenters. The Bertz CT molecular complexity index is 463. The van der Waals surface area contributed by atoms with Gasteiger partial charge in [0.2, 0.25) is 0 Å². The number of methoxy groups -OCH3 is 1. The quantitative estimate of drug-likeness (QED) is 0.838. The maximum atomic E-state index is 10.5. The number of aliphatic carboxylic acids is 1. The van der Waals surface area contributed by atoms with Crippen molar-refractivity contribution in [1.82, 2.24) is 0 Å². The molecule has 0 heterocycles. The highest BCUT2D eigenvalue weighted by atomic mass is 16.5. The second-order valence-corrected chi connectivity index (χ2v) is 4.28. The second-order valence-electron chi connectivity index (χ2n) is 4.28. The Balaban J connectivity index is 2.78. The van der Waals surface area contributed by atoms with Crippen molar-refractivity contribution in [1.29, 1.82) is 5.26 Å². The predicted molar refractivity (Wildman–Crippen MR) is 67.4 cm³/mol. The minimum Gasteiger partial charge on any atom is -0.496 e. The molecular formula is C14H17NO3. The number of benzene rings is 1. The zero-order valence-electron chi connectivity index (χ0n) is 10.6. The molecular weight excluding hydrogens is 230 g/mol. The van der Waals surface area contributed by atoms with Crippen molar-refractivity contribution < 1.29 is 14.6 Å². The number of carbonyl (C=O) groups is 1. The summed E-state index contributed by atoms with van der Waals surface area (Å²) in [6, 6.07) is 7.95. The van der Waals surface area contributed by atoms with Gasteiger partial charge in [0, 0.05) is 6.42 Å². The van der Waals surface area contributed by atoms with Crippen molar-refractivity contribution in [2.24, 2.45) is 5.92 Å². The van der Waals surface area contributed by atoms with E-state index in [4.69, 9.17) is 15.1 Å². The van der Waals surface area contributed by atoms with Gasteiger partial charge in [0.05, 0.1) is 19.1 Å². The Hall–Kier alpha value is -2.02. The van der Waals surface area contributed by atoms with Crippen LogP contribution in [0.4, 0.5) is 0 Å². The third kappa shape index (κ3) is 4.10. The van der Waals surface area contributed by atoms with Crippen molar-refractivity contribution in [3.05, 3.63) is 29.3 Å². The number of rotatable bonds is 6. The van der Waals surface area contributed by atoms with Gasteiger partial charge in [0.1, 0.15) is 5.75 Å². The standard InChI is InChI=1S/C14H17NO3/c1-10-3-5-13(18-2)12(7-10)8-11(9-15)4-6-14(16)17/h3,5,7,11H,4,6,8H2,1-2H3,(H,16,17). The zero-order chi connectivity index (χ0) is 13.5. The lowest BCUT2D eigenvalue weighted by molar-refractivity contribution is -0.137. The van der Waals surface area contributed by atoms with Gasteiger partial charge in [0.15, 0.2) is 0 Å². The highest BCUT2D eigenvalue weighted by Crippen LogP contribution is 2.24. The molecule has 1 aromatic carbocycles. The van der Waals surface area contributed by atoms with Gasteiger partial charge >= 0.3 is 5.97 Å². The van der Waals surface area contributed by atoms with Crippen molar-refractivity contribution in [3.63, 3.8) is 0 Å². The first-order valence-electron chi connectivity index (χ1n) is 5.81. The number of carboxylic acid groups (broad SMARTS) is 1. The monoisotopic (exact) mass is 247 g/mol. The molecule has 0 aromatic heterocycles. The van der Waals surface area contributed by atoms with E-state index in [2.05, 4.69) is 6.07 Å². The van der Waals surface area contributed by atoms with E-state index in [1.807, 2.05) is 25.1 Å². The topological polar surface area (TPSA) is 70.3 Å². The van der Waals surface area contributed by atoms with Crippen LogP contribution in [0.25, 0.3) is 0 Å². The normalized spacial score (nSPS) is 11.6. The highest BCUT2D eigenvalue weighted by Gasteiger charge is 2.13. The Morgan fingerprint density at radius 3 is 2.83 bits per heavy atom. The van der Waals surface area contributed by atoms with E-state index >= 15 is 0 Å². The molecule has 0 saturated carbocycles. The molecule has 0 bridgehead atoms. The summed E-state index contributed by atoms with van der Waals surface area (Å²) in [6.07, 6.45) is 0.907. The molecule has 1 unspecified atom stereocenters. The first-order valence-corrected chi connectivity index (χ1v) is 5.81. The summed E-state index contributed by atoms with van der Waals surface area (Å²) in [4.78, 5) is 10.5. The van der Waals surface area contributed by atoms with Gasteiger partial charge in [-0.1, -0.05) is 17.7 Å². The van der Waals surface area contributed by atoms with Crippen LogP contribution >= 0.6 is 0 Å². The number of ether oxygens (including phenoxy) is 1. The Kier molecular flexibility index (Phi) is 5.19. The number of aryl methyl sites for hydroxylation is 1. The van der Waals surface area contributed by atoms with Crippen molar-refractivity contribution in [3.8, 4) is 11.8 Å². The van der Waals surface area contributed by atoms with Crippen LogP contribution in [0.2, 0.25) is 0 Å². The molecule has 1 aromatic rings. The molecule has 4 nitrogen and oxygen atoms in total. The number of hydrogen-bond donors (Lipinski definition) is 1. The average molecular weight is 247 g/mol. The summed E-state index contributed by atoms with van der Waals surface area (Å²) < 4.78 is 5.25. The molecule has 0 spiro atoms. The SMILES string of the molecule is COc1ccc(C)cc1CC(C#N)CCC(=O)O. The van der Waals surface area contributed by atoms with E-state index < -0.39 is 5.97 Å². The van der Waals surface area contributed by atoms with Crippen LogP contribution in [0.3, 0.4) is 0 Å². The van der Waals surface area contributed by atoms with E-state index in [-0.39, 0.29) is 12.3 Å². The molecule has 18 heavy (non-hydrogen) atoms. The molecule has 4 heteroatoms. The van der Waals surface area contributed by atoms with Gasteiger partial charge in [-0.15, -0.1) is 0 Å². The fourth-order valence-electron chi connectivity index (χ4n) is 1.84. The molecule has 0 radical (unpaired) electrons. The van der Waals surface area contributed by atoms with E-state index in [0.29, 0.717) is 12.8 Å². The highest BCUT2D eigenvalue weighted by molar-refractivity contribution is 5.66. The molecule has 0 amide bonds. The maximum Gasteiger partial charge on any atom is 0.303 e. The van der Waals surface area contributed by atoms with Crippen LogP contribution in [-0.4, -0.2) is 18.2 Å². The maximum absolute atomic E-state index is 10.5. The first kappa shape index (κ1) is 14.0. The van der Waals surface area contributed by atoms with Crippen LogP contribution in [0, 0.1) is 24.2 Å². The van der Waals surface area contributed by atoms with E-state index in [9.17, 15) is 4.79 Å². The van der Waals surface area contributed by atoms with Crippen LogP contribution in [-0.2, 0) is 11.2 Å². The summed E-state index contributed by atoms with van der Waals surface area (Å²) in [5, 5.41) is 17.7. The lowest BCUT2D eigenvalue weighted by Crippen LogP contribution is -2.07. The summed E-state index contributed by atoms with van der Waals surface area (Å²) in [6.45, 7) is 1.97. The Labute approximate surface area is 107 Å². The number of hydrogen-bond acceptors (Lipinski definition) is 3. The fraction of sp³-hybridized carbons (Fsp3) is 0.429. The van der Waals surface area contributed by atoms with E-state index in [1.54, 1.807) is 7.11 Å². The zero-order valence-corrected chi connectivity index (χ0v) is 10.6. The first-order chi connectivity index (χ1) is 8.56. The van der Waals surface area contributed by atoms with Crippen LogP contribution in [0.1, 0.15) is 24.0 Å². The van der Waals surface area contributed by atoms with Gasteiger partial charge < -0.3 is 9.84 Å².